The maximum atomic E-state index is 12.1. The van der Waals surface area contributed by atoms with Gasteiger partial charge < -0.3 is 11.1 Å². The third-order valence-corrected chi connectivity index (χ3v) is 4.56. The monoisotopic (exact) mass is 258 g/mol. The van der Waals surface area contributed by atoms with E-state index in [0.717, 1.165) is 6.42 Å². The van der Waals surface area contributed by atoms with Gasteiger partial charge in [0.2, 0.25) is 5.91 Å². The predicted molar refractivity (Wildman–Crippen MR) is 75.7 cm³/mol. The zero-order valence-corrected chi connectivity index (χ0v) is 11.8. The van der Waals surface area contributed by atoms with Crippen molar-refractivity contribution in [1.29, 1.82) is 0 Å². The van der Waals surface area contributed by atoms with Gasteiger partial charge in [0.05, 0.1) is 6.04 Å². The van der Waals surface area contributed by atoms with Crippen molar-refractivity contribution in [2.75, 3.05) is 0 Å². The van der Waals surface area contributed by atoms with Crippen molar-refractivity contribution in [3.8, 4) is 0 Å². The van der Waals surface area contributed by atoms with E-state index in [1.807, 2.05) is 20.8 Å². The van der Waals surface area contributed by atoms with Gasteiger partial charge in [0.25, 0.3) is 0 Å². The second kappa shape index (κ2) is 4.07. The van der Waals surface area contributed by atoms with Crippen LogP contribution >= 0.6 is 0 Å². The molecule has 1 aromatic carbocycles. The fourth-order valence-corrected chi connectivity index (χ4v) is 3.20. The Hall–Kier alpha value is -1.35. The van der Waals surface area contributed by atoms with Crippen molar-refractivity contribution in [1.82, 2.24) is 5.32 Å². The highest BCUT2D eigenvalue weighted by molar-refractivity contribution is 5.83. The largest absolute Gasteiger partial charge is 0.351 e. The van der Waals surface area contributed by atoms with Crippen molar-refractivity contribution >= 4 is 5.91 Å². The van der Waals surface area contributed by atoms with Gasteiger partial charge in [0.1, 0.15) is 0 Å². The van der Waals surface area contributed by atoms with Gasteiger partial charge in [-0.2, -0.15) is 0 Å². The molecule has 3 N–H and O–H groups in total. The van der Waals surface area contributed by atoms with E-state index in [1.54, 1.807) is 0 Å². The first-order valence-electron chi connectivity index (χ1n) is 7.03. The summed E-state index contributed by atoms with van der Waals surface area (Å²) in [5.74, 6) is 1.10. The average molecular weight is 258 g/mol. The Labute approximate surface area is 114 Å². The molecule has 2 aliphatic carbocycles. The topological polar surface area (TPSA) is 55.1 Å². The summed E-state index contributed by atoms with van der Waals surface area (Å²) in [5.41, 5.74) is 8.68. The normalized spacial score (nSPS) is 29.4. The fourth-order valence-electron chi connectivity index (χ4n) is 3.20. The zero-order valence-electron chi connectivity index (χ0n) is 11.8. The van der Waals surface area contributed by atoms with Crippen molar-refractivity contribution in [3.63, 3.8) is 0 Å². The van der Waals surface area contributed by atoms with Gasteiger partial charge in [-0.15, -0.1) is 0 Å². The molecule has 0 bridgehead atoms. The number of fused-ring (bicyclic) bond motifs is 3. The molecule has 4 atom stereocenters. The lowest BCUT2D eigenvalue weighted by Crippen LogP contribution is -2.49. The Bertz CT molecular complexity index is 518. The molecule has 3 heteroatoms. The summed E-state index contributed by atoms with van der Waals surface area (Å²) in [4.78, 5) is 12.1. The fraction of sp³-hybridized carbons (Fsp3) is 0.562. The molecule has 0 aliphatic heterocycles. The average Bonchev–Trinajstić information content (AvgIpc) is 2.85. The number of carbonyl (C=O) groups excluding carboxylic acids is 1. The molecule has 0 aromatic heterocycles. The van der Waals surface area contributed by atoms with Crippen LogP contribution in [0, 0.1) is 11.3 Å². The molecule has 0 radical (unpaired) electrons. The molecule has 1 fully saturated rings. The van der Waals surface area contributed by atoms with Crippen LogP contribution in [0.1, 0.15) is 37.8 Å². The highest BCUT2D eigenvalue weighted by Crippen LogP contribution is 2.56. The molecule has 0 heterocycles. The first-order chi connectivity index (χ1) is 8.89. The van der Waals surface area contributed by atoms with Crippen LogP contribution in [-0.2, 0) is 11.2 Å². The van der Waals surface area contributed by atoms with Gasteiger partial charge in [0.15, 0.2) is 0 Å². The first-order valence-corrected chi connectivity index (χ1v) is 7.03. The molecule has 3 rings (SSSR count). The molecule has 2 aliphatic rings. The summed E-state index contributed by atoms with van der Waals surface area (Å²) in [7, 11) is 0. The summed E-state index contributed by atoms with van der Waals surface area (Å²) in [6.07, 6.45) is 1.09. The Kier molecular flexibility index (Phi) is 2.72. The van der Waals surface area contributed by atoms with Crippen LogP contribution < -0.4 is 11.1 Å². The van der Waals surface area contributed by atoms with Gasteiger partial charge in [-0.05, 0) is 28.9 Å². The number of hydrogen-bond acceptors (Lipinski definition) is 2. The highest BCUT2D eigenvalue weighted by atomic mass is 16.2. The van der Waals surface area contributed by atoms with Crippen molar-refractivity contribution in [2.24, 2.45) is 17.1 Å². The molecule has 1 amide bonds. The van der Waals surface area contributed by atoms with E-state index >= 15 is 0 Å². The van der Waals surface area contributed by atoms with Crippen LogP contribution in [0.3, 0.4) is 0 Å². The lowest BCUT2D eigenvalue weighted by Gasteiger charge is -2.26. The van der Waals surface area contributed by atoms with E-state index in [2.05, 4.69) is 29.6 Å². The third kappa shape index (κ3) is 2.06. The lowest BCUT2D eigenvalue weighted by atomic mass is 9.87. The molecular weight excluding hydrogens is 236 g/mol. The van der Waals surface area contributed by atoms with Crippen LogP contribution in [0.25, 0.3) is 0 Å². The van der Waals surface area contributed by atoms with Crippen LogP contribution in [0.5, 0.6) is 0 Å². The second-order valence-corrected chi connectivity index (χ2v) is 6.97. The third-order valence-electron chi connectivity index (χ3n) is 4.56. The standard InChI is InChI=1S/C16H22N2O/c1-16(2,3)14(17)15(19)18-13-11-8-9-6-4-5-7-10(9)12(11)13/h4-7,11-14H,8,17H2,1-3H3,(H,18,19)/t11?,12?,13?,14-/m1/s1. The van der Waals surface area contributed by atoms with Crippen molar-refractivity contribution in [2.45, 2.75) is 45.2 Å². The van der Waals surface area contributed by atoms with Gasteiger partial charge in [-0.3, -0.25) is 4.79 Å². The van der Waals surface area contributed by atoms with Crippen molar-refractivity contribution < 1.29 is 4.79 Å². The van der Waals surface area contributed by atoms with Crippen LogP contribution in [-0.4, -0.2) is 18.0 Å². The minimum Gasteiger partial charge on any atom is -0.351 e. The highest BCUT2D eigenvalue weighted by Gasteiger charge is 2.56. The van der Waals surface area contributed by atoms with E-state index in [4.69, 9.17) is 5.73 Å². The lowest BCUT2D eigenvalue weighted by molar-refractivity contribution is -0.124. The van der Waals surface area contributed by atoms with Crippen LogP contribution in [0.15, 0.2) is 24.3 Å². The van der Waals surface area contributed by atoms with E-state index in [1.165, 1.54) is 11.1 Å². The summed E-state index contributed by atoms with van der Waals surface area (Å²) in [6.45, 7) is 6.00. The summed E-state index contributed by atoms with van der Waals surface area (Å²) >= 11 is 0. The van der Waals surface area contributed by atoms with Gasteiger partial charge in [-0.1, -0.05) is 45.0 Å². The number of nitrogens with one attached hydrogen (secondary N) is 1. The zero-order chi connectivity index (χ0) is 13.8. The maximum Gasteiger partial charge on any atom is 0.237 e. The number of nitrogens with two attached hydrogens (primary N) is 1. The Morgan fingerprint density at radius 1 is 1.37 bits per heavy atom. The second-order valence-electron chi connectivity index (χ2n) is 6.97. The number of amides is 1. The maximum absolute atomic E-state index is 12.1. The molecule has 1 aromatic rings. The molecule has 19 heavy (non-hydrogen) atoms. The Balaban J connectivity index is 1.66. The Morgan fingerprint density at radius 3 is 2.74 bits per heavy atom. The Morgan fingerprint density at radius 2 is 2.05 bits per heavy atom. The SMILES string of the molecule is CC(C)(C)[C@H](N)C(=O)NC1C2Cc3ccccc3C21. The smallest absolute Gasteiger partial charge is 0.237 e. The van der Waals surface area contributed by atoms with E-state index < -0.39 is 6.04 Å². The minimum absolute atomic E-state index is 0.00983. The predicted octanol–water partition coefficient (Wildman–Crippen LogP) is 1.81. The molecule has 102 valence electrons. The van der Waals surface area contributed by atoms with E-state index in [9.17, 15) is 4.79 Å². The van der Waals surface area contributed by atoms with Gasteiger partial charge >= 0.3 is 0 Å². The molecule has 1 saturated carbocycles. The minimum atomic E-state index is -0.441. The number of rotatable bonds is 2. The van der Waals surface area contributed by atoms with Gasteiger partial charge in [-0.25, -0.2) is 0 Å². The summed E-state index contributed by atoms with van der Waals surface area (Å²) in [5, 5.41) is 3.14. The molecule has 3 nitrogen and oxygen atoms in total. The molecule has 0 spiro atoms. The first kappa shape index (κ1) is 12.7. The summed E-state index contributed by atoms with van der Waals surface area (Å²) < 4.78 is 0. The summed E-state index contributed by atoms with van der Waals surface area (Å²) in [6, 6.07) is 8.42. The molecular formula is C16H22N2O. The van der Waals surface area contributed by atoms with Crippen molar-refractivity contribution in [3.05, 3.63) is 35.4 Å². The quantitative estimate of drug-likeness (QED) is 0.850. The molecule has 3 unspecified atom stereocenters. The number of benzene rings is 1. The van der Waals surface area contributed by atoms with E-state index in [0.29, 0.717) is 17.9 Å². The van der Waals surface area contributed by atoms with Crippen LogP contribution in [0.2, 0.25) is 0 Å². The number of carbonyl (C=O) groups is 1. The molecule has 0 saturated heterocycles. The van der Waals surface area contributed by atoms with E-state index in [-0.39, 0.29) is 11.3 Å². The number of hydrogen-bond donors (Lipinski definition) is 2. The van der Waals surface area contributed by atoms with Gasteiger partial charge in [0, 0.05) is 12.0 Å². The van der Waals surface area contributed by atoms with Crippen LogP contribution in [0.4, 0.5) is 0 Å².